The van der Waals surface area contributed by atoms with E-state index in [-0.39, 0.29) is 24.6 Å². The number of ether oxygens (including phenoxy) is 1. The number of aromatic nitrogens is 3. The lowest BCUT2D eigenvalue weighted by molar-refractivity contribution is -0.182. The molecule has 3 aliphatic heterocycles. The van der Waals surface area contributed by atoms with E-state index in [1.807, 2.05) is 11.0 Å². The van der Waals surface area contributed by atoms with Gasteiger partial charge in [-0.3, -0.25) is 14.3 Å². The minimum Gasteiger partial charge on any atom is -0.374 e. The Hall–Kier alpha value is -2.62. The quantitative estimate of drug-likeness (QED) is 0.753. The molecule has 2 aromatic heterocycles. The summed E-state index contributed by atoms with van der Waals surface area (Å²) in [5.41, 5.74) is -1.84. The molecule has 0 aromatic carbocycles. The van der Waals surface area contributed by atoms with Crippen molar-refractivity contribution in [3.05, 3.63) is 46.5 Å². The van der Waals surface area contributed by atoms with Crippen LogP contribution < -0.4 is 15.4 Å². The van der Waals surface area contributed by atoms with E-state index in [2.05, 4.69) is 9.97 Å². The lowest BCUT2D eigenvalue weighted by Gasteiger charge is -2.37. The van der Waals surface area contributed by atoms with Gasteiger partial charge in [0.2, 0.25) is 5.95 Å². The molecule has 2 bridgehead atoms. The molecule has 0 radical (unpaired) electrons. The standard InChI is InChI=1S/C20H22F3N5O2/c1-19(20(21,22)23)12-27-17(29)8-16(26-10-15-7-14(26)11-30-15)25-18(27)28(19)6-4-13-3-2-5-24-9-13/h2-3,5,8-9,14-15H,4,6-7,10-12H2,1H3/t14-,15+,19-/m0/s1. The van der Waals surface area contributed by atoms with E-state index in [0.717, 1.165) is 23.5 Å². The molecule has 10 heteroatoms. The summed E-state index contributed by atoms with van der Waals surface area (Å²) < 4.78 is 49.1. The van der Waals surface area contributed by atoms with E-state index in [4.69, 9.17) is 4.74 Å². The number of alkyl halides is 3. The zero-order valence-electron chi connectivity index (χ0n) is 16.5. The highest BCUT2D eigenvalue weighted by Gasteiger charge is 2.59. The lowest BCUT2D eigenvalue weighted by Crippen LogP contribution is -2.56. The number of morpholine rings is 1. The second-order valence-electron chi connectivity index (χ2n) is 8.37. The van der Waals surface area contributed by atoms with Gasteiger partial charge in [-0.1, -0.05) is 6.07 Å². The average Bonchev–Trinajstić information content (AvgIpc) is 3.40. The zero-order chi connectivity index (χ0) is 21.1. The smallest absolute Gasteiger partial charge is 0.374 e. The number of rotatable bonds is 4. The van der Waals surface area contributed by atoms with Crippen LogP contribution in [0.5, 0.6) is 0 Å². The normalized spacial score (nSPS) is 27.7. The first kappa shape index (κ1) is 19.3. The molecule has 2 fully saturated rings. The van der Waals surface area contributed by atoms with Crippen molar-refractivity contribution in [3.8, 4) is 0 Å². The van der Waals surface area contributed by atoms with Gasteiger partial charge in [-0.25, -0.2) is 0 Å². The maximum atomic E-state index is 14.1. The summed E-state index contributed by atoms with van der Waals surface area (Å²) in [5.74, 6) is 0.504. The molecule has 5 rings (SSSR count). The van der Waals surface area contributed by atoms with Crippen molar-refractivity contribution in [2.45, 2.75) is 50.2 Å². The van der Waals surface area contributed by atoms with Gasteiger partial charge in [0.1, 0.15) is 5.82 Å². The van der Waals surface area contributed by atoms with Crippen LogP contribution in [0.2, 0.25) is 0 Å². The Labute approximate surface area is 171 Å². The molecule has 160 valence electrons. The summed E-state index contributed by atoms with van der Waals surface area (Å²) >= 11 is 0. The van der Waals surface area contributed by atoms with E-state index in [9.17, 15) is 18.0 Å². The van der Waals surface area contributed by atoms with E-state index in [1.165, 1.54) is 11.0 Å². The van der Waals surface area contributed by atoms with Gasteiger partial charge < -0.3 is 14.5 Å². The SMILES string of the molecule is C[C@@]1(C(F)(F)F)Cn2c(nc(N3C[C@H]4C[C@H]3CO4)cc2=O)N1CCc1cccnc1. The van der Waals surface area contributed by atoms with E-state index < -0.39 is 23.8 Å². The van der Waals surface area contributed by atoms with Crippen molar-refractivity contribution < 1.29 is 17.9 Å². The van der Waals surface area contributed by atoms with Crippen molar-refractivity contribution >= 4 is 11.8 Å². The Morgan fingerprint density at radius 3 is 2.83 bits per heavy atom. The summed E-state index contributed by atoms with van der Waals surface area (Å²) in [6, 6.07) is 5.04. The molecule has 30 heavy (non-hydrogen) atoms. The molecule has 2 saturated heterocycles. The maximum Gasteiger partial charge on any atom is 0.413 e. The average molecular weight is 421 g/mol. The Morgan fingerprint density at radius 2 is 2.20 bits per heavy atom. The van der Waals surface area contributed by atoms with Gasteiger partial charge in [-0.2, -0.15) is 18.2 Å². The van der Waals surface area contributed by atoms with Crippen molar-refractivity contribution in [3.63, 3.8) is 0 Å². The topological polar surface area (TPSA) is 63.5 Å². The van der Waals surface area contributed by atoms with Crippen molar-refractivity contribution in [2.24, 2.45) is 0 Å². The lowest BCUT2D eigenvalue weighted by atomic mass is 10.00. The fraction of sp³-hybridized carbons (Fsp3) is 0.550. The number of nitrogens with zero attached hydrogens (tertiary/aromatic N) is 5. The predicted octanol–water partition coefficient (Wildman–Crippen LogP) is 2.00. The van der Waals surface area contributed by atoms with Crippen LogP contribution in [0.4, 0.5) is 24.9 Å². The third-order valence-electron chi connectivity index (χ3n) is 6.43. The van der Waals surface area contributed by atoms with E-state index >= 15 is 0 Å². The van der Waals surface area contributed by atoms with Crippen LogP contribution in [-0.4, -0.2) is 58.1 Å². The van der Waals surface area contributed by atoms with Gasteiger partial charge in [0.25, 0.3) is 5.56 Å². The second-order valence-corrected chi connectivity index (χ2v) is 8.37. The molecule has 2 aromatic rings. The van der Waals surface area contributed by atoms with Crippen LogP contribution in [0, 0.1) is 0 Å². The summed E-state index contributed by atoms with van der Waals surface area (Å²) in [4.78, 5) is 24.6. The first-order valence-electron chi connectivity index (χ1n) is 10.00. The van der Waals surface area contributed by atoms with Crippen LogP contribution in [0.1, 0.15) is 18.9 Å². The molecular formula is C20H22F3N5O2. The van der Waals surface area contributed by atoms with Gasteiger partial charge in [-0.15, -0.1) is 0 Å². The minimum atomic E-state index is -4.53. The van der Waals surface area contributed by atoms with Crippen molar-refractivity contribution in [1.82, 2.24) is 14.5 Å². The number of hydrogen-bond donors (Lipinski definition) is 0. The second kappa shape index (κ2) is 6.69. The van der Waals surface area contributed by atoms with E-state index in [1.54, 1.807) is 18.5 Å². The summed E-state index contributed by atoms with van der Waals surface area (Å²) in [7, 11) is 0. The number of hydrogen-bond acceptors (Lipinski definition) is 6. The first-order chi connectivity index (χ1) is 14.3. The Kier molecular flexibility index (Phi) is 4.32. The fourth-order valence-electron chi connectivity index (χ4n) is 4.65. The van der Waals surface area contributed by atoms with Crippen LogP contribution in [-0.2, 0) is 17.7 Å². The molecular weight excluding hydrogens is 399 g/mol. The van der Waals surface area contributed by atoms with Gasteiger partial charge in [0, 0.05) is 31.5 Å². The number of pyridine rings is 1. The third kappa shape index (κ3) is 2.96. The van der Waals surface area contributed by atoms with Gasteiger partial charge in [-0.05, 0) is 31.4 Å². The largest absolute Gasteiger partial charge is 0.413 e. The summed E-state index contributed by atoms with van der Waals surface area (Å²) in [6.07, 6.45) is 0.0409. The molecule has 0 unspecified atom stereocenters. The van der Waals surface area contributed by atoms with Gasteiger partial charge in [0.05, 0.1) is 25.3 Å². The van der Waals surface area contributed by atoms with E-state index in [0.29, 0.717) is 25.4 Å². The predicted molar refractivity (Wildman–Crippen MR) is 104 cm³/mol. The molecule has 0 aliphatic carbocycles. The van der Waals surface area contributed by atoms with Crippen molar-refractivity contribution in [1.29, 1.82) is 0 Å². The molecule has 0 saturated carbocycles. The monoisotopic (exact) mass is 421 g/mol. The molecule has 0 N–H and O–H groups in total. The fourth-order valence-corrected chi connectivity index (χ4v) is 4.65. The number of anilines is 2. The Balaban J connectivity index is 1.52. The first-order valence-corrected chi connectivity index (χ1v) is 10.00. The zero-order valence-corrected chi connectivity index (χ0v) is 16.5. The summed E-state index contributed by atoms with van der Waals surface area (Å²) in [6.45, 7) is 1.89. The number of halogens is 3. The highest BCUT2D eigenvalue weighted by Crippen LogP contribution is 2.43. The van der Waals surface area contributed by atoms with Crippen LogP contribution >= 0.6 is 0 Å². The molecule has 7 nitrogen and oxygen atoms in total. The molecule has 3 aliphatic rings. The van der Waals surface area contributed by atoms with Crippen LogP contribution in [0.25, 0.3) is 0 Å². The maximum absolute atomic E-state index is 14.1. The third-order valence-corrected chi connectivity index (χ3v) is 6.43. The van der Waals surface area contributed by atoms with Gasteiger partial charge in [0.15, 0.2) is 5.54 Å². The Morgan fingerprint density at radius 1 is 1.37 bits per heavy atom. The van der Waals surface area contributed by atoms with Crippen LogP contribution in [0.3, 0.4) is 0 Å². The highest BCUT2D eigenvalue weighted by atomic mass is 19.4. The van der Waals surface area contributed by atoms with Crippen molar-refractivity contribution in [2.75, 3.05) is 29.5 Å². The number of fused-ring (bicyclic) bond motifs is 3. The molecule has 0 amide bonds. The molecule has 5 heterocycles. The Bertz CT molecular complexity index is 1010. The molecule has 0 spiro atoms. The minimum absolute atomic E-state index is 0.0740. The van der Waals surface area contributed by atoms with Crippen LogP contribution in [0.15, 0.2) is 35.4 Å². The highest BCUT2D eigenvalue weighted by molar-refractivity contribution is 5.51. The molecule has 3 atom stereocenters. The summed E-state index contributed by atoms with van der Waals surface area (Å²) in [5, 5.41) is 0. The van der Waals surface area contributed by atoms with Gasteiger partial charge >= 0.3 is 6.18 Å².